The summed E-state index contributed by atoms with van der Waals surface area (Å²) in [4.78, 5) is 9.70. The van der Waals surface area contributed by atoms with Crippen molar-refractivity contribution in [2.75, 3.05) is 6.54 Å². The Kier molecular flexibility index (Phi) is 4.86. The third kappa shape index (κ3) is 3.67. The molecule has 0 heterocycles. The first-order valence-corrected chi connectivity index (χ1v) is 7.86. The Morgan fingerprint density at radius 3 is 2.32 bits per heavy atom. The van der Waals surface area contributed by atoms with Crippen molar-refractivity contribution in [3.8, 4) is 0 Å². The van der Waals surface area contributed by atoms with E-state index < -0.39 is 31.6 Å². The lowest BCUT2D eigenvalue weighted by Gasteiger charge is -2.12. The zero-order chi connectivity index (χ0) is 16.2. The van der Waals surface area contributed by atoms with Gasteiger partial charge in [0.05, 0.1) is 11.0 Å². The van der Waals surface area contributed by atoms with Crippen LogP contribution < -0.4 is 4.72 Å². The van der Waals surface area contributed by atoms with Crippen molar-refractivity contribution < 1.29 is 18.4 Å². The summed E-state index contributed by atoms with van der Waals surface area (Å²) in [6, 6.07) is 13.6. The molecule has 1 atom stereocenters. The third-order valence-corrected chi connectivity index (χ3v) is 4.47. The molecule has 2 aromatic rings. The van der Waals surface area contributed by atoms with Crippen LogP contribution in [-0.4, -0.2) is 25.0 Å². The number of sulfonamides is 1. The normalized spacial score (nSPS) is 12.8. The second-order valence-electron chi connectivity index (χ2n) is 4.50. The molecule has 0 aromatic heterocycles. The van der Waals surface area contributed by atoms with Crippen molar-refractivity contribution in [3.05, 3.63) is 70.3 Å². The molecule has 0 amide bonds. The Hall–Kier alpha value is -2.29. The smallest absolute Gasteiger partial charge is 0.289 e. The average molecular weight is 322 g/mol. The van der Waals surface area contributed by atoms with Gasteiger partial charge < -0.3 is 5.11 Å². The lowest BCUT2D eigenvalue weighted by Crippen LogP contribution is -2.29. The van der Waals surface area contributed by atoms with Gasteiger partial charge in [-0.2, -0.15) is 0 Å². The van der Waals surface area contributed by atoms with Crippen molar-refractivity contribution in [1.82, 2.24) is 4.72 Å². The summed E-state index contributed by atoms with van der Waals surface area (Å²) in [5.41, 5.74) is 0.0389. The number of rotatable bonds is 6. The summed E-state index contributed by atoms with van der Waals surface area (Å²) < 4.78 is 26.5. The van der Waals surface area contributed by atoms with Gasteiger partial charge in [0.2, 0.25) is 10.0 Å². The van der Waals surface area contributed by atoms with Crippen LogP contribution in [0.2, 0.25) is 0 Å². The molecule has 0 saturated carbocycles. The first-order chi connectivity index (χ1) is 10.4. The fourth-order valence-corrected chi connectivity index (χ4v) is 3.10. The fraction of sp³-hybridized carbons (Fsp3) is 0.143. The van der Waals surface area contributed by atoms with Gasteiger partial charge >= 0.3 is 0 Å². The van der Waals surface area contributed by atoms with Crippen molar-refractivity contribution >= 4 is 15.7 Å². The maximum atomic E-state index is 12.2. The summed E-state index contributed by atoms with van der Waals surface area (Å²) >= 11 is 0. The van der Waals surface area contributed by atoms with Crippen LogP contribution in [0.1, 0.15) is 11.7 Å². The van der Waals surface area contributed by atoms with Crippen LogP contribution >= 0.6 is 0 Å². The molecule has 7 nitrogen and oxygen atoms in total. The quantitative estimate of drug-likeness (QED) is 0.620. The highest BCUT2D eigenvalue weighted by Crippen LogP contribution is 2.23. The van der Waals surface area contributed by atoms with Gasteiger partial charge in [0.25, 0.3) is 5.69 Å². The largest absolute Gasteiger partial charge is 0.387 e. The Morgan fingerprint density at radius 1 is 1.09 bits per heavy atom. The molecule has 0 unspecified atom stereocenters. The van der Waals surface area contributed by atoms with Gasteiger partial charge in [0.15, 0.2) is 4.90 Å². The van der Waals surface area contributed by atoms with Crippen LogP contribution in [-0.2, 0) is 10.0 Å². The molecule has 2 aromatic carbocycles. The highest BCUT2D eigenvalue weighted by atomic mass is 32.2. The fourth-order valence-electron chi connectivity index (χ4n) is 1.89. The third-order valence-electron chi connectivity index (χ3n) is 3.00. The number of nitro benzene ring substituents is 1. The first kappa shape index (κ1) is 16.1. The molecule has 0 saturated heterocycles. The lowest BCUT2D eigenvalue weighted by atomic mass is 10.1. The minimum atomic E-state index is -4.09. The maximum absolute atomic E-state index is 12.2. The van der Waals surface area contributed by atoms with E-state index in [-0.39, 0.29) is 6.54 Å². The van der Waals surface area contributed by atoms with Crippen molar-refractivity contribution in [1.29, 1.82) is 0 Å². The molecule has 2 N–H and O–H groups in total. The number of nitrogens with one attached hydrogen (secondary N) is 1. The first-order valence-electron chi connectivity index (χ1n) is 6.38. The highest BCUT2D eigenvalue weighted by molar-refractivity contribution is 7.89. The van der Waals surface area contributed by atoms with Gasteiger partial charge in [-0.05, 0) is 11.6 Å². The molecule has 0 radical (unpaired) electrons. The number of nitro groups is 1. The molecule has 8 heteroatoms. The molecule has 0 fully saturated rings. The standard InChI is InChI=1S/C14H14N2O5S/c17-13(11-6-2-1-3-7-11)10-15-22(20,21)14-9-5-4-8-12(14)16(18)19/h1-9,13,15,17H,10H2/t13-/m0/s1. The molecule has 0 aliphatic heterocycles. The number of hydrogen-bond donors (Lipinski definition) is 2. The molecule has 2 rings (SSSR count). The number of benzene rings is 2. The van der Waals surface area contributed by atoms with Crippen LogP contribution in [0.25, 0.3) is 0 Å². The predicted octanol–water partition coefficient (Wildman–Crippen LogP) is 1.61. The Bertz CT molecular complexity index is 762. The molecule has 0 bridgehead atoms. The van der Waals surface area contributed by atoms with E-state index in [1.807, 2.05) is 0 Å². The lowest BCUT2D eigenvalue weighted by molar-refractivity contribution is -0.387. The zero-order valence-electron chi connectivity index (χ0n) is 11.4. The topological polar surface area (TPSA) is 110 Å². The van der Waals surface area contributed by atoms with E-state index in [2.05, 4.69) is 4.72 Å². The van der Waals surface area contributed by atoms with Crippen molar-refractivity contribution in [2.24, 2.45) is 0 Å². The minimum Gasteiger partial charge on any atom is -0.387 e. The summed E-state index contributed by atoms with van der Waals surface area (Å²) in [6.07, 6.45) is -1.04. The number of nitrogens with zero attached hydrogens (tertiary/aromatic N) is 1. The average Bonchev–Trinajstić information content (AvgIpc) is 2.53. The van der Waals surface area contributed by atoms with Gasteiger partial charge in [-0.1, -0.05) is 42.5 Å². The van der Waals surface area contributed by atoms with Crippen LogP contribution in [0.3, 0.4) is 0 Å². The van der Waals surface area contributed by atoms with Crippen LogP contribution in [0.5, 0.6) is 0 Å². The van der Waals surface area contributed by atoms with E-state index in [1.54, 1.807) is 30.3 Å². The van der Waals surface area contributed by atoms with E-state index in [0.717, 1.165) is 12.1 Å². The minimum absolute atomic E-state index is 0.279. The maximum Gasteiger partial charge on any atom is 0.289 e. The van der Waals surface area contributed by atoms with E-state index in [1.165, 1.54) is 12.1 Å². The second-order valence-corrected chi connectivity index (χ2v) is 6.24. The SMILES string of the molecule is O=[N+]([O-])c1ccccc1S(=O)(=O)NC[C@H](O)c1ccccc1. The summed E-state index contributed by atoms with van der Waals surface area (Å²) in [5, 5.41) is 20.8. The van der Waals surface area contributed by atoms with Gasteiger partial charge in [0, 0.05) is 12.6 Å². The van der Waals surface area contributed by atoms with Gasteiger partial charge in [-0.3, -0.25) is 10.1 Å². The summed E-state index contributed by atoms with van der Waals surface area (Å²) in [6.45, 7) is -0.279. The molecular weight excluding hydrogens is 308 g/mol. The molecular formula is C14H14N2O5S. The van der Waals surface area contributed by atoms with Gasteiger partial charge in [0.1, 0.15) is 0 Å². The molecule has 0 aliphatic rings. The molecule has 22 heavy (non-hydrogen) atoms. The summed E-state index contributed by atoms with van der Waals surface area (Å²) in [5.74, 6) is 0. The molecule has 0 spiro atoms. The van der Waals surface area contributed by atoms with E-state index in [9.17, 15) is 23.6 Å². The summed E-state index contributed by atoms with van der Waals surface area (Å²) in [7, 11) is -4.09. The van der Waals surface area contributed by atoms with Crippen LogP contribution in [0.4, 0.5) is 5.69 Å². The number of para-hydroxylation sites is 1. The molecule has 0 aliphatic carbocycles. The van der Waals surface area contributed by atoms with Crippen molar-refractivity contribution in [3.63, 3.8) is 0 Å². The number of aliphatic hydroxyl groups excluding tert-OH is 1. The predicted molar refractivity (Wildman–Crippen MR) is 79.7 cm³/mol. The highest BCUT2D eigenvalue weighted by Gasteiger charge is 2.25. The van der Waals surface area contributed by atoms with E-state index in [0.29, 0.717) is 5.56 Å². The Labute approximate surface area is 127 Å². The van der Waals surface area contributed by atoms with Crippen LogP contribution in [0.15, 0.2) is 59.5 Å². The molecule has 116 valence electrons. The Morgan fingerprint density at radius 2 is 1.68 bits per heavy atom. The number of aliphatic hydroxyl groups is 1. The monoisotopic (exact) mass is 322 g/mol. The van der Waals surface area contributed by atoms with E-state index >= 15 is 0 Å². The van der Waals surface area contributed by atoms with Gasteiger partial charge in [-0.25, -0.2) is 13.1 Å². The zero-order valence-corrected chi connectivity index (χ0v) is 12.2. The van der Waals surface area contributed by atoms with Gasteiger partial charge in [-0.15, -0.1) is 0 Å². The van der Waals surface area contributed by atoms with Crippen molar-refractivity contribution in [2.45, 2.75) is 11.0 Å². The Balaban J connectivity index is 2.17. The van der Waals surface area contributed by atoms with Crippen LogP contribution in [0, 0.1) is 10.1 Å². The second kappa shape index (κ2) is 6.65. The number of hydrogen-bond acceptors (Lipinski definition) is 5. The van der Waals surface area contributed by atoms with E-state index in [4.69, 9.17) is 0 Å².